The number of hydrogen-bond acceptors (Lipinski definition) is 6. The number of rotatable bonds is 0. The van der Waals surface area contributed by atoms with Crippen molar-refractivity contribution in [3.05, 3.63) is 29.8 Å². The Morgan fingerprint density at radius 1 is 1.00 bits per heavy atom. The summed E-state index contributed by atoms with van der Waals surface area (Å²) in [5, 5.41) is 0. The van der Waals surface area contributed by atoms with Crippen LogP contribution in [-0.2, 0) is 44.7 Å². The summed E-state index contributed by atoms with van der Waals surface area (Å²) in [5.41, 5.74) is 2.97. The molecule has 0 bridgehead atoms. The summed E-state index contributed by atoms with van der Waals surface area (Å²) in [7, 11) is 7.31. The van der Waals surface area contributed by atoms with Gasteiger partial charge in [-0.2, -0.15) is 0 Å². The van der Waals surface area contributed by atoms with E-state index in [1.807, 2.05) is 51.9 Å². The van der Waals surface area contributed by atoms with Crippen molar-refractivity contribution in [1.82, 2.24) is 14.8 Å². The van der Waals surface area contributed by atoms with Gasteiger partial charge in [0.05, 0.1) is 15.7 Å². The molecule has 1 aromatic carbocycles. The average molecular weight is 441 g/mol. The van der Waals surface area contributed by atoms with Crippen LogP contribution in [0.5, 0.6) is 0 Å². The first-order valence-corrected chi connectivity index (χ1v) is 8.31. The van der Waals surface area contributed by atoms with Crippen LogP contribution in [0.4, 0.5) is 0 Å². The Morgan fingerprint density at radius 3 is 1.77 bits per heavy atom. The van der Waals surface area contributed by atoms with Crippen molar-refractivity contribution in [3.8, 4) is 0 Å². The van der Waals surface area contributed by atoms with Crippen LogP contribution in [0, 0.1) is 0 Å². The second-order valence-electron chi connectivity index (χ2n) is 4.14. The van der Waals surface area contributed by atoms with Crippen LogP contribution >= 0.6 is 35.8 Å². The maximum Gasteiger partial charge on any atom is 2.00 e. The molecular weight excluding hydrogens is 424 g/mol. The minimum Gasteiger partial charge on any atom is -0.411 e. The van der Waals surface area contributed by atoms with Crippen LogP contribution < -0.4 is 0 Å². The normalized spacial score (nSPS) is 8.36. The van der Waals surface area contributed by atoms with E-state index in [-0.39, 0.29) is 19.5 Å². The van der Waals surface area contributed by atoms with Gasteiger partial charge < -0.3 is 59.5 Å². The molecule has 0 atom stereocenters. The number of hydrogen-bond donors (Lipinski definition) is 0. The zero-order valence-corrected chi connectivity index (χ0v) is 20.0. The van der Waals surface area contributed by atoms with E-state index in [2.05, 4.69) is 60.7 Å². The SMILES string of the molecule is CN(C)C(=S)[S-].CN(C)C(=S)[S-].[Zn+2].c1ccc2scnc2c1. The van der Waals surface area contributed by atoms with E-state index in [1.54, 1.807) is 21.1 Å². The zero-order valence-electron chi connectivity index (χ0n) is 13.0. The summed E-state index contributed by atoms with van der Waals surface area (Å²) in [6.45, 7) is 0. The molecule has 22 heavy (non-hydrogen) atoms. The minimum atomic E-state index is 0. The maximum absolute atomic E-state index is 4.56. The van der Waals surface area contributed by atoms with Crippen molar-refractivity contribution >= 4 is 79.9 Å². The summed E-state index contributed by atoms with van der Waals surface area (Å²) in [6, 6.07) is 8.13. The van der Waals surface area contributed by atoms with Gasteiger partial charge in [-0.3, -0.25) is 0 Å². The molecule has 0 aliphatic rings. The van der Waals surface area contributed by atoms with Crippen molar-refractivity contribution in [2.45, 2.75) is 0 Å². The molecule has 3 nitrogen and oxygen atoms in total. The monoisotopic (exact) mass is 439 g/mol. The number of nitrogens with zero attached hydrogens (tertiary/aromatic N) is 3. The summed E-state index contributed by atoms with van der Waals surface area (Å²) in [6.07, 6.45) is 0. The summed E-state index contributed by atoms with van der Waals surface area (Å²) in [5.74, 6) is 0. The Bertz CT molecular complexity index is 523. The number of benzene rings is 1. The fourth-order valence-electron chi connectivity index (χ4n) is 0.803. The van der Waals surface area contributed by atoms with Crippen LogP contribution in [0.2, 0.25) is 0 Å². The third kappa shape index (κ3) is 11.5. The predicted octanol–water partition coefficient (Wildman–Crippen LogP) is 3.05. The predicted molar refractivity (Wildman–Crippen MR) is 107 cm³/mol. The molecule has 2 aromatic rings. The van der Waals surface area contributed by atoms with E-state index < -0.39 is 0 Å². The van der Waals surface area contributed by atoms with Gasteiger partial charge in [0.2, 0.25) is 0 Å². The molecule has 0 amide bonds. The van der Waals surface area contributed by atoms with Crippen LogP contribution in [-0.4, -0.2) is 51.6 Å². The van der Waals surface area contributed by atoms with Gasteiger partial charge in [0.1, 0.15) is 0 Å². The number of thiazole rings is 1. The molecule has 0 spiro atoms. The molecule has 0 aliphatic heterocycles. The zero-order chi connectivity index (χ0) is 16.4. The number of para-hydroxylation sites is 1. The van der Waals surface area contributed by atoms with Gasteiger partial charge in [-0.1, -0.05) is 20.8 Å². The topological polar surface area (TPSA) is 19.4 Å². The number of fused-ring (bicyclic) bond motifs is 1. The van der Waals surface area contributed by atoms with Crippen molar-refractivity contribution < 1.29 is 19.5 Å². The molecule has 0 unspecified atom stereocenters. The number of aromatic nitrogens is 1. The molecule has 116 valence electrons. The first-order valence-electron chi connectivity index (χ1n) is 5.80. The fourth-order valence-corrected chi connectivity index (χ4v) is 1.48. The van der Waals surface area contributed by atoms with E-state index in [4.69, 9.17) is 0 Å². The number of thiocarbonyl (C=S) groups is 2. The first-order chi connectivity index (χ1) is 9.75. The third-order valence-corrected chi connectivity index (χ3v) is 4.24. The molecule has 0 aliphatic carbocycles. The van der Waals surface area contributed by atoms with E-state index in [9.17, 15) is 0 Å². The molecule has 1 heterocycles. The van der Waals surface area contributed by atoms with Gasteiger partial charge in [-0.15, -0.1) is 11.3 Å². The summed E-state index contributed by atoms with van der Waals surface area (Å²) >= 11 is 19.9. The molecular formula is C13H17N3S5Zn. The molecule has 0 fully saturated rings. The van der Waals surface area contributed by atoms with Crippen LogP contribution in [0.15, 0.2) is 29.8 Å². The Morgan fingerprint density at radius 2 is 1.41 bits per heavy atom. The van der Waals surface area contributed by atoms with Crippen molar-refractivity contribution in [1.29, 1.82) is 0 Å². The van der Waals surface area contributed by atoms with E-state index in [1.165, 1.54) is 4.70 Å². The van der Waals surface area contributed by atoms with Crippen LogP contribution in [0.1, 0.15) is 0 Å². The van der Waals surface area contributed by atoms with E-state index >= 15 is 0 Å². The molecule has 1 aromatic heterocycles. The van der Waals surface area contributed by atoms with Crippen molar-refractivity contribution in [2.75, 3.05) is 28.2 Å². The molecule has 0 radical (unpaired) electrons. The van der Waals surface area contributed by atoms with Gasteiger partial charge in [-0.05, 0) is 12.1 Å². The van der Waals surface area contributed by atoms with E-state index in [0.29, 0.717) is 8.64 Å². The Labute approximate surface area is 171 Å². The van der Waals surface area contributed by atoms with Crippen LogP contribution in [0.25, 0.3) is 10.2 Å². The molecule has 0 saturated carbocycles. The Balaban J connectivity index is 0. The smallest absolute Gasteiger partial charge is 0.411 e. The summed E-state index contributed by atoms with van der Waals surface area (Å²) < 4.78 is 2.28. The second-order valence-corrected chi connectivity index (χ2v) is 7.09. The largest absolute Gasteiger partial charge is 2.00 e. The first kappa shape index (κ1) is 24.2. The van der Waals surface area contributed by atoms with Gasteiger partial charge in [0.25, 0.3) is 0 Å². The Hall–Kier alpha value is -0.0466. The van der Waals surface area contributed by atoms with Gasteiger partial charge in [0, 0.05) is 28.2 Å². The third-order valence-electron chi connectivity index (χ3n) is 1.97. The standard InChI is InChI=1S/C7H5NS.2C3H7NS2.Zn/c1-2-4-7-6(3-1)8-5-9-7;2*1-4(2)3(5)6;/h1-5H;2*1-2H3,(H,5,6);/q;;;+2/p-2. The van der Waals surface area contributed by atoms with Gasteiger partial charge >= 0.3 is 19.5 Å². The van der Waals surface area contributed by atoms with Crippen molar-refractivity contribution in [2.24, 2.45) is 0 Å². The summed E-state index contributed by atoms with van der Waals surface area (Å²) in [4.78, 5) is 7.56. The van der Waals surface area contributed by atoms with Crippen LogP contribution in [0.3, 0.4) is 0 Å². The quantitative estimate of drug-likeness (QED) is 0.351. The average Bonchev–Trinajstić information content (AvgIpc) is 2.88. The second kappa shape index (κ2) is 13.4. The molecule has 2 rings (SSSR count). The van der Waals surface area contributed by atoms with Gasteiger partial charge in [-0.25, -0.2) is 4.98 Å². The molecule has 0 N–H and O–H groups in total. The molecule has 0 saturated heterocycles. The fraction of sp³-hybridized carbons (Fsp3) is 0.308. The molecule has 9 heteroatoms. The van der Waals surface area contributed by atoms with Crippen molar-refractivity contribution in [3.63, 3.8) is 0 Å². The van der Waals surface area contributed by atoms with E-state index in [0.717, 1.165) is 5.52 Å². The van der Waals surface area contributed by atoms with Gasteiger partial charge in [0.15, 0.2) is 0 Å². The maximum atomic E-state index is 4.56. The Kier molecular flexibility index (Phi) is 14.7. The minimum absolute atomic E-state index is 0.